The van der Waals surface area contributed by atoms with E-state index >= 15 is 0 Å². The third kappa shape index (κ3) is 4.86. The van der Waals surface area contributed by atoms with E-state index < -0.39 is 0 Å². The third-order valence-electron chi connectivity index (χ3n) is 2.99. The Morgan fingerprint density at radius 3 is 2.79 bits per heavy atom. The van der Waals surface area contributed by atoms with Crippen molar-refractivity contribution in [3.05, 3.63) is 40.6 Å². The molecule has 1 aliphatic rings. The van der Waals surface area contributed by atoms with Gasteiger partial charge in [0.2, 0.25) is 0 Å². The topological polar surface area (TPSA) is 21.3 Å². The molecule has 4 heteroatoms. The van der Waals surface area contributed by atoms with Gasteiger partial charge >= 0.3 is 0 Å². The zero-order valence-corrected chi connectivity index (χ0v) is 13.6. The summed E-state index contributed by atoms with van der Waals surface area (Å²) in [5.41, 5.74) is 0. The smallest absolute Gasteiger partial charge is 0.110 e. The molecule has 0 fully saturated rings. The summed E-state index contributed by atoms with van der Waals surface area (Å²) in [6, 6.07) is 8.78. The summed E-state index contributed by atoms with van der Waals surface area (Å²) >= 11 is 5.33. The molecule has 2 rings (SSSR count). The standard InChI is InChI=1S/C15H20BrNOS/c1-2-17-14(15-5-3-4-10-18-15)11-19-13-8-6-12(16)7-9-13/h5-9,14,17H,2-4,10-11H2,1H3. The molecule has 0 aromatic heterocycles. The lowest BCUT2D eigenvalue weighted by atomic mass is 10.1. The Labute approximate surface area is 128 Å². The van der Waals surface area contributed by atoms with Gasteiger partial charge in [0.1, 0.15) is 5.76 Å². The van der Waals surface area contributed by atoms with Crippen LogP contribution in [0.5, 0.6) is 0 Å². The van der Waals surface area contributed by atoms with Crippen LogP contribution in [0.25, 0.3) is 0 Å². The van der Waals surface area contributed by atoms with Crippen molar-refractivity contribution in [2.45, 2.75) is 30.7 Å². The molecule has 1 atom stereocenters. The van der Waals surface area contributed by atoms with Gasteiger partial charge in [0, 0.05) is 15.1 Å². The second-order valence-corrected chi connectivity index (χ2v) is 6.48. The SMILES string of the molecule is CCNC(CSc1ccc(Br)cc1)C1=CCCCO1. The average Bonchev–Trinajstić information content (AvgIpc) is 2.46. The fraction of sp³-hybridized carbons (Fsp3) is 0.467. The highest BCUT2D eigenvalue weighted by Gasteiger charge is 2.17. The molecule has 0 bridgehead atoms. The maximum atomic E-state index is 5.78. The Bertz CT molecular complexity index is 419. The van der Waals surface area contributed by atoms with Crippen LogP contribution in [0, 0.1) is 0 Å². The fourth-order valence-corrected chi connectivity index (χ4v) is 3.25. The minimum Gasteiger partial charge on any atom is -0.497 e. The van der Waals surface area contributed by atoms with Crippen molar-refractivity contribution >= 4 is 27.7 Å². The van der Waals surface area contributed by atoms with E-state index in [0.717, 1.165) is 42.0 Å². The molecular weight excluding hydrogens is 322 g/mol. The molecule has 104 valence electrons. The van der Waals surface area contributed by atoms with Gasteiger partial charge < -0.3 is 10.1 Å². The fourth-order valence-electron chi connectivity index (χ4n) is 2.02. The Kier molecular flexibility index (Phi) is 6.28. The number of nitrogens with one attached hydrogen (secondary N) is 1. The van der Waals surface area contributed by atoms with Crippen LogP contribution in [0.3, 0.4) is 0 Å². The minimum absolute atomic E-state index is 0.318. The quantitative estimate of drug-likeness (QED) is 0.783. The molecule has 0 saturated carbocycles. The van der Waals surface area contributed by atoms with Gasteiger partial charge in [-0.25, -0.2) is 0 Å². The van der Waals surface area contributed by atoms with Crippen molar-refractivity contribution in [2.24, 2.45) is 0 Å². The number of likely N-dealkylation sites (N-methyl/N-ethyl adjacent to an activating group) is 1. The van der Waals surface area contributed by atoms with Gasteiger partial charge in [0.05, 0.1) is 12.6 Å². The van der Waals surface area contributed by atoms with E-state index in [-0.39, 0.29) is 0 Å². The molecule has 0 radical (unpaired) electrons. The number of rotatable bonds is 6. The van der Waals surface area contributed by atoms with Crippen LogP contribution in [-0.4, -0.2) is 24.9 Å². The van der Waals surface area contributed by atoms with Gasteiger partial charge in [-0.2, -0.15) is 0 Å². The molecule has 0 saturated heterocycles. The Balaban J connectivity index is 1.92. The average molecular weight is 342 g/mol. The maximum Gasteiger partial charge on any atom is 0.110 e. The second-order valence-electron chi connectivity index (χ2n) is 4.47. The Hall–Kier alpha value is -0.450. The van der Waals surface area contributed by atoms with Crippen LogP contribution in [-0.2, 0) is 4.74 Å². The summed E-state index contributed by atoms with van der Waals surface area (Å²) in [5.74, 6) is 2.12. The molecule has 1 unspecified atom stereocenters. The number of halogens is 1. The van der Waals surface area contributed by atoms with Crippen molar-refractivity contribution in [3.8, 4) is 0 Å². The van der Waals surface area contributed by atoms with E-state index in [1.54, 1.807) is 0 Å². The summed E-state index contributed by atoms with van der Waals surface area (Å²) in [6.07, 6.45) is 4.52. The van der Waals surface area contributed by atoms with Crippen molar-refractivity contribution in [1.29, 1.82) is 0 Å². The van der Waals surface area contributed by atoms with E-state index in [2.05, 4.69) is 58.5 Å². The van der Waals surface area contributed by atoms with Crippen molar-refractivity contribution in [2.75, 3.05) is 18.9 Å². The van der Waals surface area contributed by atoms with Crippen LogP contribution >= 0.6 is 27.7 Å². The third-order valence-corrected chi connectivity index (χ3v) is 4.62. The van der Waals surface area contributed by atoms with Gasteiger partial charge in [0.15, 0.2) is 0 Å². The van der Waals surface area contributed by atoms with Crippen LogP contribution in [0.15, 0.2) is 45.5 Å². The van der Waals surface area contributed by atoms with Gasteiger partial charge in [-0.15, -0.1) is 11.8 Å². The first-order chi connectivity index (χ1) is 9.29. The van der Waals surface area contributed by atoms with Crippen LogP contribution in [0.2, 0.25) is 0 Å². The highest BCUT2D eigenvalue weighted by Crippen LogP contribution is 2.24. The molecule has 0 aliphatic carbocycles. The predicted octanol–water partition coefficient (Wildman–Crippen LogP) is 4.21. The van der Waals surface area contributed by atoms with Crippen LogP contribution in [0.4, 0.5) is 0 Å². The van der Waals surface area contributed by atoms with Gasteiger partial charge in [-0.05, 0) is 49.7 Å². The molecule has 1 aromatic rings. The number of ether oxygens (including phenoxy) is 1. The summed E-state index contributed by atoms with van der Waals surface area (Å²) < 4.78 is 6.90. The van der Waals surface area contributed by atoms with E-state index in [9.17, 15) is 0 Å². The summed E-state index contributed by atoms with van der Waals surface area (Å²) in [5, 5.41) is 3.51. The zero-order chi connectivity index (χ0) is 13.5. The Morgan fingerprint density at radius 2 is 2.16 bits per heavy atom. The summed E-state index contributed by atoms with van der Waals surface area (Å²) in [6.45, 7) is 3.96. The number of thioether (sulfide) groups is 1. The van der Waals surface area contributed by atoms with Gasteiger partial charge in [-0.1, -0.05) is 22.9 Å². The number of allylic oxidation sites excluding steroid dienone is 1. The molecule has 2 nitrogen and oxygen atoms in total. The first-order valence-corrected chi connectivity index (χ1v) is 8.52. The monoisotopic (exact) mass is 341 g/mol. The molecule has 1 aliphatic heterocycles. The highest BCUT2D eigenvalue weighted by atomic mass is 79.9. The normalized spacial score (nSPS) is 16.6. The van der Waals surface area contributed by atoms with Crippen molar-refractivity contribution in [1.82, 2.24) is 5.32 Å². The summed E-state index contributed by atoms with van der Waals surface area (Å²) in [7, 11) is 0. The predicted molar refractivity (Wildman–Crippen MR) is 85.6 cm³/mol. The molecular formula is C15H20BrNOS. The lowest BCUT2D eigenvalue weighted by Crippen LogP contribution is -2.34. The molecule has 19 heavy (non-hydrogen) atoms. The molecule has 1 N–H and O–H groups in total. The van der Waals surface area contributed by atoms with E-state index in [1.807, 2.05) is 11.8 Å². The largest absolute Gasteiger partial charge is 0.497 e. The molecule has 1 heterocycles. The maximum absolute atomic E-state index is 5.78. The number of hydrogen-bond donors (Lipinski definition) is 1. The molecule has 1 aromatic carbocycles. The first kappa shape index (κ1) is 14.9. The van der Waals surface area contributed by atoms with Crippen molar-refractivity contribution < 1.29 is 4.74 Å². The van der Waals surface area contributed by atoms with Crippen LogP contribution in [0.1, 0.15) is 19.8 Å². The molecule has 0 amide bonds. The number of hydrogen-bond acceptors (Lipinski definition) is 3. The Morgan fingerprint density at radius 1 is 1.37 bits per heavy atom. The van der Waals surface area contributed by atoms with Gasteiger partial charge in [0.25, 0.3) is 0 Å². The first-order valence-electron chi connectivity index (χ1n) is 6.74. The highest BCUT2D eigenvalue weighted by molar-refractivity contribution is 9.10. The lowest BCUT2D eigenvalue weighted by Gasteiger charge is -2.24. The molecule has 0 spiro atoms. The van der Waals surface area contributed by atoms with E-state index in [4.69, 9.17) is 4.74 Å². The van der Waals surface area contributed by atoms with E-state index in [1.165, 1.54) is 4.90 Å². The lowest BCUT2D eigenvalue weighted by molar-refractivity contribution is 0.172. The van der Waals surface area contributed by atoms with E-state index in [0.29, 0.717) is 6.04 Å². The number of benzene rings is 1. The van der Waals surface area contributed by atoms with Crippen LogP contribution < -0.4 is 5.32 Å². The summed E-state index contributed by atoms with van der Waals surface area (Å²) in [4.78, 5) is 1.29. The second kappa shape index (κ2) is 7.98. The van der Waals surface area contributed by atoms with Gasteiger partial charge in [-0.3, -0.25) is 0 Å². The zero-order valence-electron chi connectivity index (χ0n) is 11.2. The minimum atomic E-state index is 0.318. The van der Waals surface area contributed by atoms with Crippen molar-refractivity contribution in [3.63, 3.8) is 0 Å².